The lowest BCUT2D eigenvalue weighted by molar-refractivity contribution is 0.0944. The number of halogens is 2. The molecule has 1 atom stereocenters. The maximum absolute atomic E-state index is 13.9. The van der Waals surface area contributed by atoms with E-state index >= 15 is 0 Å². The second kappa shape index (κ2) is 8.88. The summed E-state index contributed by atoms with van der Waals surface area (Å²) in [4.78, 5) is 17.1. The third kappa shape index (κ3) is 4.39. The highest BCUT2D eigenvalue weighted by Crippen LogP contribution is 2.26. The normalized spacial score (nSPS) is 11.9. The smallest absolute Gasteiger partial charge is 0.270 e. The Labute approximate surface area is 172 Å². The molecule has 0 saturated heterocycles. The number of nitriles is 1. The van der Waals surface area contributed by atoms with Gasteiger partial charge in [0.1, 0.15) is 23.9 Å². The molecule has 3 aromatic rings. The summed E-state index contributed by atoms with van der Waals surface area (Å²) < 4.78 is 35.0. The predicted molar refractivity (Wildman–Crippen MR) is 106 cm³/mol. The van der Waals surface area contributed by atoms with E-state index in [4.69, 9.17) is 15.7 Å². The molecule has 30 heavy (non-hydrogen) atoms. The van der Waals surface area contributed by atoms with Gasteiger partial charge in [-0.1, -0.05) is 6.07 Å². The van der Waals surface area contributed by atoms with Gasteiger partial charge in [-0.05, 0) is 37.6 Å². The molecule has 0 spiro atoms. The Morgan fingerprint density at radius 2 is 2.07 bits per heavy atom. The van der Waals surface area contributed by atoms with Crippen LogP contribution in [0, 0.1) is 36.8 Å². The number of benzene rings is 1. The van der Waals surface area contributed by atoms with Crippen molar-refractivity contribution >= 4 is 11.6 Å². The zero-order chi connectivity index (χ0) is 21.8. The van der Waals surface area contributed by atoms with E-state index in [1.165, 1.54) is 6.07 Å². The minimum Gasteiger partial charge on any atom is -0.485 e. The van der Waals surface area contributed by atoms with Crippen molar-refractivity contribution in [2.75, 3.05) is 6.54 Å². The topological polar surface area (TPSA) is 105 Å². The van der Waals surface area contributed by atoms with Crippen molar-refractivity contribution in [3.63, 3.8) is 0 Å². The molecule has 2 aromatic heterocycles. The molecular formula is C21H21F2N5O2. The van der Waals surface area contributed by atoms with E-state index in [0.717, 1.165) is 17.7 Å². The Morgan fingerprint density at radius 3 is 2.73 bits per heavy atom. The van der Waals surface area contributed by atoms with Gasteiger partial charge in [0.15, 0.2) is 11.4 Å². The second-order valence-corrected chi connectivity index (χ2v) is 6.94. The zero-order valence-corrected chi connectivity index (χ0v) is 16.6. The number of amides is 1. The molecule has 3 N–H and O–H groups in total. The van der Waals surface area contributed by atoms with Crippen LogP contribution in [0.15, 0.2) is 30.5 Å². The van der Waals surface area contributed by atoms with Gasteiger partial charge in [-0.3, -0.25) is 9.20 Å². The largest absolute Gasteiger partial charge is 0.485 e. The highest BCUT2D eigenvalue weighted by molar-refractivity contribution is 5.95. The molecule has 3 rings (SSSR count). The number of carbonyl (C=O) groups is 1. The number of ether oxygens (including phenoxy) is 1. The van der Waals surface area contributed by atoms with Crippen LogP contribution in [-0.4, -0.2) is 27.9 Å². The summed E-state index contributed by atoms with van der Waals surface area (Å²) in [5.41, 5.74) is 7.43. The number of rotatable bonds is 7. The molecule has 7 nitrogen and oxygen atoms in total. The van der Waals surface area contributed by atoms with E-state index in [1.54, 1.807) is 30.5 Å². The first-order chi connectivity index (χ1) is 14.3. The summed E-state index contributed by atoms with van der Waals surface area (Å²) in [5.74, 6) is -1.51. The van der Waals surface area contributed by atoms with Crippen LogP contribution in [-0.2, 0) is 6.61 Å². The van der Waals surface area contributed by atoms with Crippen LogP contribution in [0.2, 0.25) is 0 Å². The molecular weight excluding hydrogens is 392 g/mol. The standard InChI is InChI=1S/C21H21F2N5O2/c1-12-8-18(30-11-15-16(22)4-3-5-17(15)23)20-27-13(2)19(28(20)10-12)21(29)26-9-14(25)6-7-24/h3-5,8,10,14H,6,9,11,25H2,1-2H3,(H,26,29). The number of carbonyl (C=O) groups excluding carboxylic acids is 1. The molecule has 0 aliphatic rings. The first kappa shape index (κ1) is 21.2. The maximum Gasteiger partial charge on any atom is 0.270 e. The van der Waals surface area contributed by atoms with Gasteiger partial charge in [0.25, 0.3) is 5.91 Å². The number of aryl methyl sites for hydroxylation is 2. The highest BCUT2D eigenvalue weighted by Gasteiger charge is 2.20. The lowest BCUT2D eigenvalue weighted by atomic mass is 10.2. The molecule has 0 fully saturated rings. The van der Waals surface area contributed by atoms with Gasteiger partial charge in [-0.2, -0.15) is 5.26 Å². The maximum atomic E-state index is 13.9. The van der Waals surface area contributed by atoms with Crippen LogP contribution >= 0.6 is 0 Å². The minimum atomic E-state index is -0.702. The molecule has 1 amide bonds. The van der Waals surface area contributed by atoms with Crippen LogP contribution in [0.25, 0.3) is 5.65 Å². The SMILES string of the molecule is Cc1cc(OCc2c(F)cccc2F)c2nc(C)c(C(=O)NCC(N)CC#N)n2c1. The molecule has 0 aliphatic carbocycles. The number of hydrogen-bond donors (Lipinski definition) is 2. The van der Waals surface area contributed by atoms with Crippen LogP contribution < -0.4 is 15.8 Å². The monoisotopic (exact) mass is 413 g/mol. The Morgan fingerprint density at radius 1 is 1.37 bits per heavy atom. The van der Waals surface area contributed by atoms with Gasteiger partial charge in [-0.25, -0.2) is 13.8 Å². The predicted octanol–water partition coefficient (Wildman–Crippen LogP) is 2.78. The van der Waals surface area contributed by atoms with Crippen molar-refractivity contribution < 1.29 is 18.3 Å². The lowest BCUT2D eigenvalue weighted by Crippen LogP contribution is -2.37. The second-order valence-electron chi connectivity index (χ2n) is 6.94. The number of hydrogen-bond acceptors (Lipinski definition) is 5. The van der Waals surface area contributed by atoms with Gasteiger partial charge in [0.2, 0.25) is 0 Å². The Bertz CT molecular complexity index is 1120. The molecule has 1 unspecified atom stereocenters. The lowest BCUT2D eigenvalue weighted by Gasteiger charge is -2.12. The summed E-state index contributed by atoms with van der Waals surface area (Å²) in [6.45, 7) is 3.29. The summed E-state index contributed by atoms with van der Waals surface area (Å²) >= 11 is 0. The van der Waals surface area contributed by atoms with Crippen LogP contribution in [0.1, 0.15) is 33.7 Å². The van der Waals surface area contributed by atoms with Gasteiger partial charge in [0, 0.05) is 18.8 Å². The minimum absolute atomic E-state index is 0.121. The number of nitrogens with zero attached hydrogens (tertiary/aromatic N) is 3. The van der Waals surface area contributed by atoms with Crippen LogP contribution in [0.5, 0.6) is 5.75 Å². The number of nitrogens with two attached hydrogens (primary N) is 1. The number of nitrogens with one attached hydrogen (secondary N) is 1. The van der Waals surface area contributed by atoms with Gasteiger partial charge in [0.05, 0.1) is 23.7 Å². The number of pyridine rings is 1. The summed E-state index contributed by atoms with van der Waals surface area (Å²) in [6.07, 6.45) is 1.84. The van der Waals surface area contributed by atoms with E-state index < -0.39 is 23.6 Å². The van der Waals surface area contributed by atoms with Crippen LogP contribution in [0.3, 0.4) is 0 Å². The molecule has 0 saturated carbocycles. The number of imidazole rings is 1. The van der Waals surface area contributed by atoms with Crippen molar-refractivity contribution in [2.45, 2.75) is 32.9 Å². The fourth-order valence-corrected chi connectivity index (χ4v) is 3.05. The Hall–Kier alpha value is -3.51. The third-order valence-electron chi connectivity index (χ3n) is 4.52. The van der Waals surface area contributed by atoms with Crippen molar-refractivity contribution in [1.29, 1.82) is 5.26 Å². The molecule has 0 radical (unpaired) electrons. The Balaban J connectivity index is 1.90. The van der Waals surface area contributed by atoms with Crippen molar-refractivity contribution in [3.8, 4) is 11.8 Å². The summed E-state index contributed by atoms with van der Waals surface area (Å²) in [7, 11) is 0. The fraction of sp³-hybridized carbons (Fsp3) is 0.286. The third-order valence-corrected chi connectivity index (χ3v) is 4.52. The van der Waals surface area contributed by atoms with Crippen molar-refractivity contribution in [3.05, 3.63) is 64.6 Å². The molecule has 0 bridgehead atoms. The average molecular weight is 413 g/mol. The van der Waals surface area contributed by atoms with E-state index in [1.807, 2.05) is 6.07 Å². The molecule has 2 heterocycles. The van der Waals surface area contributed by atoms with E-state index in [2.05, 4.69) is 10.3 Å². The van der Waals surface area contributed by atoms with E-state index in [-0.39, 0.29) is 25.1 Å². The fourth-order valence-electron chi connectivity index (χ4n) is 3.05. The number of aromatic nitrogens is 2. The van der Waals surface area contributed by atoms with Gasteiger partial charge in [-0.15, -0.1) is 0 Å². The summed E-state index contributed by atoms with van der Waals surface area (Å²) in [5, 5.41) is 11.4. The summed E-state index contributed by atoms with van der Waals surface area (Å²) in [6, 6.07) is 6.76. The van der Waals surface area contributed by atoms with Crippen molar-refractivity contribution in [2.24, 2.45) is 5.73 Å². The van der Waals surface area contributed by atoms with Gasteiger partial charge >= 0.3 is 0 Å². The quantitative estimate of drug-likeness (QED) is 0.620. The number of fused-ring (bicyclic) bond motifs is 1. The van der Waals surface area contributed by atoms with Gasteiger partial charge < -0.3 is 15.8 Å². The molecule has 0 aliphatic heterocycles. The highest BCUT2D eigenvalue weighted by atomic mass is 19.1. The first-order valence-corrected chi connectivity index (χ1v) is 9.27. The average Bonchev–Trinajstić information content (AvgIpc) is 3.01. The van der Waals surface area contributed by atoms with Crippen molar-refractivity contribution in [1.82, 2.24) is 14.7 Å². The molecule has 156 valence electrons. The van der Waals surface area contributed by atoms with Crippen LogP contribution in [0.4, 0.5) is 8.78 Å². The zero-order valence-electron chi connectivity index (χ0n) is 16.6. The van der Waals surface area contributed by atoms with E-state index in [9.17, 15) is 13.6 Å². The molecule has 9 heteroatoms. The first-order valence-electron chi connectivity index (χ1n) is 9.27. The Kier molecular flexibility index (Phi) is 6.28. The van der Waals surface area contributed by atoms with E-state index in [0.29, 0.717) is 22.8 Å². The molecule has 1 aromatic carbocycles.